The second-order valence-electron chi connectivity index (χ2n) is 5.79. The first-order valence-electron chi connectivity index (χ1n) is 8.35. The number of carboxylic acids is 1. The van der Waals surface area contributed by atoms with Crippen molar-refractivity contribution >= 4 is 35.0 Å². The Morgan fingerprint density at radius 3 is 2.93 bits per heavy atom. The van der Waals surface area contributed by atoms with Crippen LogP contribution in [0, 0.1) is 11.3 Å². The molecule has 1 N–H and O–H groups in total. The zero-order valence-electron chi connectivity index (χ0n) is 14.6. The molecular formula is C18H15N6O3S-. The molecule has 1 saturated heterocycles. The molecule has 1 aromatic carbocycles. The van der Waals surface area contributed by atoms with Crippen molar-refractivity contribution in [1.82, 2.24) is 15.1 Å². The van der Waals surface area contributed by atoms with Gasteiger partial charge in [0.25, 0.3) is 0 Å². The molecule has 3 rings (SSSR count). The van der Waals surface area contributed by atoms with Crippen LogP contribution in [0.5, 0.6) is 0 Å². The Labute approximate surface area is 164 Å². The average Bonchev–Trinajstić information content (AvgIpc) is 3.24. The normalized spacial score (nSPS) is 17.8. The maximum Gasteiger partial charge on any atom is 0.239 e. The molecule has 142 valence electrons. The van der Waals surface area contributed by atoms with Crippen LogP contribution in [0.2, 0.25) is 0 Å². The number of carbonyl (C=O) groups excluding carboxylic acids is 2. The zero-order chi connectivity index (χ0) is 19.9. The lowest BCUT2D eigenvalue weighted by Gasteiger charge is -2.04. The van der Waals surface area contributed by atoms with Crippen LogP contribution in [0.4, 0.5) is 0 Å². The van der Waals surface area contributed by atoms with E-state index in [0.717, 1.165) is 17.3 Å². The molecule has 1 aliphatic heterocycles. The molecule has 1 aliphatic rings. The summed E-state index contributed by atoms with van der Waals surface area (Å²) in [6.45, 7) is 0.454. The standard InChI is InChI=1S/C18H16N6O3S/c19-7-4-8-24-11-13(16(23-24)12-5-2-1-3-6-12)10-20-22-18-21-17(27)14(28-18)9-15(25)26/h1-3,5-6,10-11,14H,4,8-9H2,(H,25,26)(H,21,22,27)/p-1/b20-10-/t14-/m1/s1. The highest BCUT2D eigenvalue weighted by molar-refractivity contribution is 8.15. The van der Waals surface area contributed by atoms with Gasteiger partial charge in [0.15, 0.2) is 5.17 Å². The van der Waals surface area contributed by atoms with E-state index in [1.54, 1.807) is 10.9 Å². The molecule has 0 aliphatic carbocycles. The molecular weight excluding hydrogens is 380 g/mol. The van der Waals surface area contributed by atoms with Crippen molar-refractivity contribution in [3.63, 3.8) is 0 Å². The Balaban J connectivity index is 1.79. The van der Waals surface area contributed by atoms with Gasteiger partial charge in [-0.15, -0.1) is 5.10 Å². The van der Waals surface area contributed by atoms with Gasteiger partial charge in [-0.05, 0) is 0 Å². The Morgan fingerprint density at radius 1 is 1.43 bits per heavy atom. The molecule has 1 amide bonds. The van der Waals surface area contributed by atoms with Gasteiger partial charge >= 0.3 is 0 Å². The molecule has 0 radical (unpaired) electrons. The van der Waals surface area contributed by atoms with E-state index < -0.39 is 17.1 Å². The van der Waals surface area contributed by atoms with Crippen molar-refractivity contribution < 1.29 is 14.7 Å². The number of benzene rings is 1. The summed E-state index contributed by atoms with van der Waals surface area (Å²) in [4.78, 5) is 22.4. The second kappa shape index (κ2) is 8.96. The summed E-state index contributed by atoms with van der Waals surface area (Å²) in [5.74, 6) is -1.73. The van der Waals surface area contributed by atoms with E-state index in [1.807, 2.05) is 30.3 Å². The first kappa shape index (κ1) is 19.3. The quantitative estimate of drug-likeness (QED) is 0.536. The summed E-state index contributed by atoms with van der Waals surface area (Å²) in [6.07, 6.45) is 3.22. The summed E-state index contributed by atoms with van der Waals surface area (Å²) < 4.78 is 1.67. The number of amides is 1. The van der Waals surface area contributed by atoms with E-state index in [2.05, 4.69) is 26.7 Å². The predicted octanol–water partition coefficient (Wildman–Crippen LogP) is 0.525. The summed E-state index contributed by atoms with van der Waals surface area (Å²) in [6, 6.07) is 11.6. The van der Waals surface area contributed by atoms with E-state index in [0.29, 0.717) is 24.2 Å². The molecule has 0 unspecified atom stereocenters. The van der Waals surface area contributed by atoms with Crippen molar-refractivity contribution in [1.29, 1.82) is 5.26 Å². The molecule has 10 heteroatoms. The minimum absolute atomic E-state index is 0.227. The van der Waals surface area contributed by atoms with Gasteiger partial charge in [0.1, 0.15) is 5.69 Å². The minimum atomic E-state index is -1.30. The minimum Gasteiger partial charge on any atom is -0.550 e. The summed E-state index contributed by atoms with van der Waals surface area (Å²) in [5.41, 5.74) is 2.29. The molecule has 28 heavy (non-hydrogen) atoms. The number of hydrogen-bond donors (Lipinski definition) is 1. The maximum absolute atomic E-state index is 11.7. The van der Waals surface area contributed by atoms with Gasteiger partial charge in [0.2, 0.25) is 5.91 Å². The fourth-order valence-corrected chi connectivity index (χ4v) is 3.42. The van der Waals surface area contributed by atoms with Crippen LogP contribution < -0.4 is 10.4 Å². The number of thioether (sulfide) groups is 1. The van der Waals surface area contributed by atoms with Crippen LogP contribution in [0.25, 0.3) is 11.3 Å². The molecule has 2 aromatic rings. The highest BCUT2D eigenvalue weighted by Crippen LogP contribution is 2.23. The predicted molar refractivity (Wildman–Crippen MR) is 102 cm³/mol. The van der Waals surface area contributed by atoms with E-state index in [4.69, 9.17) is 5.26 Å². The molecule has 9 nitrogen and oxygen atoms in total. The van der Waals surface area contributed by atoms with Crippen molar-refractivity contribution in [2.45, 2.75) is 24.6 Å². The number of hydrogen-bond acceptors (Lipinski definition) is 8. The SMILES string of the molecule is N#CCCn1cc(/C=N\N=C2/NC(=O)[C@@H](CC(=O)[O-])S2)c(-c2ccccc2)n1. The van der Waals surface area contributed by atoms with Gasteiger partial charge in [-0.2, -0.15) is 15.5 Å². The highest BCUT2D eigenvalue weighted by atomic mass is 32.2. The Bertz CT molecular complexity index is 977. The number of aliphatic carboxylic acids is 1. The first-order valence-corrected chi connectivity index (χ1v) is 9.23. The molecule has 2 heterocycles. The summed E-state index contributed by atoms with van der Waals surface area (Å²) in [7, 11) is 0. The van der Waals surface area contributed by atoms with Gasteiger partial charge in [0, 0.05) is 29.7 Å². The third-order valence-corrected chi connectivity index (χ3v) is 4.84. The molecule has 1 fully saturated rings. The molecule has 0 spiro atoms. The van der Waals surface area contributed by atoms with Crippen LogP contribution in [-0.4, -0.2) is 38.3 Å². The fraction of sp³-hybridized carbons (Fsp3) is 0.222. The van der Waals surface area contributed by atoms with Crippen molar-refractivity contribution in [3.8, 4) is 17.3 Å². The van der Waals surface area contributed by atoms with Crippen LogP contribution in [0.1, 0.15) is 18.4 Å². The monoisotopic (exact) mass is 395 g/mol. The number of aromatic nitrogens is 2. The number of rotatable bonds is 7. The lowest BCUT2D eigenvalue weighted by molar-refractivity contribution is -0.305. The van der Waals surface area contributed by atoms with E-state index in [-0.39, 0.29) is 11.6 Å². The number of carbonyl (C=O) groups is 2. The zero-order valence-corrected chi connectivity index (χ0v) is 15.4. The van der Waals surface area contributed by atoms with Gasteiger partial charge < -0.3 is 15.2 Å². The smallest absolute Gasteiger partial charge is 0.239 e. The second-order valence-corrected chi connectivity index (χ2v) is 6.98. The van der Waals surface area contributed by atoms with E-state index in [1.165, 1.54) is 6.21 Å². The summed E-state index contributed by atoms with van der Waals surface area (Å²) in [5, 5.41) is 33.8. The van der Waals surface area contributed by atoms with Gasteiger partial charge in [-0.3, -0.25) is 9.48 Å². The first-order chi connectivity index (χ1) is 13.6. The number of nitrogens with one attached hydrogen (secondary N) is 1. The number of carboxylic acid groups (broad SMARTS) is 1. The van der Waals surface area contributed by atoms with E-state index >= 15 is 0 Å². The number of aryl methyl sites for hydroxylation is 1. The third kappa shape index (κ3) is 4.83. The van der Waals surface area contributed by atoms with Crippen LogP contribution in [-0.2, 0) is 16.1 Å². The Kier molecular flexibility index (Phi) is 6.18. The lowest BCUT2D eigenvalue weighted by Crippen LogP contribution is -2.31. The van der Waals surface area contributed by atoms with Gasteiger partial charge in [-0.1, -0.05) is 42.1 Å². The van der Waals surface area contributed by atoms with E-state index in [9.17, 15) is 14.7 Å². The maximum atomic E-state index is 11.7. The summed E-state index contributed by atoms with van der Waals surface area (Å²) >= 11 is 0.997. The average molecular weight is 395 g/mol. The van der Waals surface area contributed by atoms with Gasteiger partial charge in [0.05, 0.1) is 30.5 Å². The van der Waals surface area contributed by atoms with Crippen LogP contribution in [0.15, 0.2) is 46.7 Å². The van der Waals surface area contributed by atoms with Crippen molar-refractivity contribution in [2.75, 3.05) is 0 Å². The topological polar surface area (TPSA) is 136 Å². The molecule has 1 atom stereocenters. The van der Waals surface area contributed by atoms with Crippen LogP contribution in [0.3, 0.4) is 0 Å². The molecule has 0 bridgehead atoms. The fourth-order valence-electron chi connectivity index (χ4n) is 2.51. The van der Waals surface area contributed by atoms with Crippen molar-refractivity contribution in [2.24, 2.45) is 10.2 Å². The van der Waals surface area contributed by atoms with Crippen molar-refractivity contribution in [3.05, 3.63) is 42.1 Å². The lowest BCUT2D eigenvalue weighted by atomic mass is 10.1. The largest absolute Gasteiger partial charge is 0.550 e. The third-order valence-electron chi connectivity index (χ3n) is 3.76. The number of nitriles is 1. The molecule has 0 saturated carbocycles. The molecule has 1 aromatic heterocycles. The number of amidine groups is 1. The Hall–Kier alpha value is -3.45. The number of nitrogens with zero attached hydrogens (tertiary/aromatic N) is 5. The van der Waals surface area contributed by atoms with Crippen LogP contribution >= 0.6 is 11.8 Å². The Morgan fingerprint density at radius 2 is 2.21 bits per heavy atom. The van der Waals surface area contributed by atoms with Gasteiger partial charge in [-0.25, -0.2) is 0 Å². The highest BCUT2D eigenvalue weighted by Gasteiger charge is 2.30.